The highest BCUT2D eigenvalue weighted by atomic mass is 35.5. The standard InChI is InChI=1S/C13H12ClN3O2/c1-2-9-6-12(16-7-15-9)17-11-4-3-8(13(18)19)5-10(11)14/h3-7H,2H2,1H3,(H,18,19)(H,15,16,17). The van der Waals surface area contributed by atoms with E-state index >= 15 is 0 Å². The van der Waals surface area contributed by atoms with Crippen LogP contribution in [0.5, 0.6) is 0 Å². The zero-order valence-corrected chi connectivity index (χ0v) is 11.0. The maximum absolute atomic E-state index is 10.8. The number of hydrogen-bond donors (Lipinski definition) is 2. The molecule has 0 radical (unpaired) electrons. The molecule has 5 nitrogen and oxygen atoms in total. The average molecular weight is 278 g/mol. The number of nitrogens with one attached hydrogen (secondary N) is 1. The minimum Gasteiger partial charge on any atom is -0.478 e. The largest absolute Gasteiger partial charge is 0.478 e. The Bertz CT molecular complexity index is 617. The van der Waals surface area contributed by atoms with Crippen molar-refractivity contribution in [3.8, 4) is 0 Å². The summed E-state index contributed by atoms with van der Waals surface area (Å²) in [7, 11) is 0. The quantitative estimate of drug-likeness (QED) is 0.898. The first-order chi connectivity index (χ1) is 9.10. The molecule has 0 bridgehead atoms. The number of carboxylic acid groups (broad SMARTS) is 1. The number of halogens is 1. The lowest BCUT2D eigenvalue weighted by molar-refractivity contribution is 0.0697. The van der Waals surface area contributed by atoms with Crippen LogP contribution in [0, 0.1) is 0 Å². The molecule has 0 atom stereocenters. The van der Waals surface area contributed by atoms with Gasteiger partial charge in [-0.3, -0.25) is 0 Å². The van der Waals surface area contributed by atoms with E-state index in [-0.39, 0.29) is 5.56 Å². The van der Waals surface area contributed by atoms with E-state index < -0.39 is 5.97 Å². The van der Waals surface area contributed by atoms with Crippen molar-refractivity contribution in [3.05, 3.63) is 46.9 Å². The third-order valence-electron chi connectivity index (χ3n) is 2.56. The molecule has 19 heavy (non-hydrogen) atoms. The SMILES string of the molecule is CCc1cc(Nc2ccc(C(=O)O)cc2Cl)ncn1. The number of aromatic carboxylic acids is 1. The first-order valence-electron chi connectivity index (χ1n) is 5.71. The first kappa shape index (κ1) is 13.3. The molecule has 98 valence electrons. The normalized spacial score (nSPS) is 10.2. The smallest absolute Gasteiger partial charge is 0.335 e. The molecule has 0 saturated carbocycles. The van der Waals surface area contributed by atoms with Gasteiger partial charge < -0.3 is 10.4 Å². The van der Waals surface area contributed by atoms with Gasteiger partial charge in [0, 0.05) is 11.8 Å². The molecule has 1 heterocycles. The Morgan fingerprint density at radius 2 is 2.16 bits per heavy atom. The number of rotatable bonds is 4. The molecule has 0 aliphatic heterocycles. The van der Waals surface area contributed by atoms with Crippen LogP contribution in [-0.2, 0) is 6.42 Å². The second kappa shape index (κ2) is 5.67. The predicted octanol–water partition coefficient (Wildman–Crippen LogP) is 3.13. The minimum atomic E-state index is -1.01. The average Bonchev–Trinajstić information content (AvgIpc) is 2.41. The number of nitrogens with zero attached hydrogens (tertiary/aromatic N) is 2. The monoisotopic (exact) mass is 277 g/mol. The lowest BCUT2D eigenvalue weighted by Crippen LogP contribution is -2.00. The van der Waals surface area contributed by atoms with Crippen molar-refractivity contribution in [2.45, 2.75) is 13.3 Å². The molecule has 2 aromatic rings. The molecule has 0 aliphatic rings. The van der Waals surface area contributed by atoms with Crippen LogP contribution in [0.15, 0.2) is 30.6 Å². The van der Waals surface area contributed by atoms with Gasteiger partial charge in [0.05, 0.1) is 16.3 Å². The van der Waals surface area contributed by atoms with Crippen molar-refractivity contribution in [3.63, 3.8) is 0 Å². The zero-order chi connectivity index (χ0) is 13.8. The lowest BCUT2D eigenvalue weighted by Gasteiger charge is -2.08. The zero-order valence-electron chi connectivity index (χ0n) is 10.2. The van der Waals surface area contributed by atoms with Crippen LogP contribution in [0.1, 0.15) is 23.0 Å². The van der Waals surface area contributed by atoms with Gasteiger partial charge in [0.1, 0.15) is 12.1 Å². The van der Waals surface area contributed by atoms with E-state index in [4.69, 9.17) is 16.7 Å². The molecular weight excluding hydrogens is 266 g/mol. The van der Waals surface area contributed by atoms with Gasteiger partial charge in [-0.15, -0.1) is 0 Å². The predicted molar refractivity (Wildman–Crippen MR) is 73.1 cm³/mol. The van der Waals surface area contributed by atoms with E-state index in [0.29, 0.717) is 16.5 Å². The van der Waals surface area contributed by atoms with Gasteiger partial charge in [-0.05, 0) is 24.6 Å². The molecule has 6 heteroatoms. The summed E-state index contributed by atoms with van der Waals surface area (Å²) >= 11 is 6.03. The summed E-state index contributed by atoms with van der Waals surface area (Å²) in [5.74, 6) is -0.388. The van der Waals surface area contributed by atoms with Crippen LogP contribution in [0.4, 0.5) is 11.5 Å². The number of hydrogen-bond acceptors (Lipinski definition) is 4. The summed E-state index contributed by atoms with van der Waals surface area (Å²) in [6.07, 6.45) is 2.28. The third kappa shape index (κ3) is 3.20. The molecule has 0 fully saturated rings. The summed E-state index contributed by atoms with van der Waals surface area (Å²) in [5.41, 5.74) is 1.66. The van der Waals surface area contributed by atoms with Crippen LogP contribution < -0.4 is 5.32 Å². The summed E-state index contributed by atoms with van der Waals surface area (Å²) in [4.78, 5) is 19.0. The van der Waals surface area contributed by atoms with Crippen LogP contribution in [0.3, 0.4) is 0 Å². The van der Waals surface area contributed by atoms with Gasteiger partial charge in [0.25, 0.3) is 0 Å². The molecule has 1 aromatic heterocycles. The van der Waals surface area contributed by atoms with E-state index in [1.807, 2.05) is 13.0 Å². The van der Waals surface area contributed by atoms with Crippen molar-refractivity contribution < 1.29 is 9.90 Å². The van der Waals surface area contributed by atoms with Crippen molar-refractivity contribution in [2.24, 2.45) is 0 Å². The summed E-state index contributed by atoms with van der Waals surface area (Å²) in [6, 6.07) is 6.31. The van der Waals surface area contributed by atoms with Gasteiger partial charge in [-0.2, -0.15) is 0 Å². The Morgan fingerprint density at radius 1 is 1.37 bits per heavy atom. The van der Waals surface area contributed by atoms with Crippen molar-refractivity contribution in [1.29, 1.82) is 0 Å². The van der Waals surface area contributed by atoms with Crippen LogP contribution in [0.25, 0.3) is 0 Å². The number of anilines is 2. The molecular formula is C13H12ClN3O2. The molecule has 2 rings (SSSR count). The van der Waals surface area contributed by atoms with Gasteiger partial charge in [-0.25, -0.2) is 14.8 Å². The summed E-state index contributed by atoms with van der Waals surface area (Å²) in [6.45, 7) is 2.00. The maximum atomic E-state index is 10.8. The van der Waals surface area contributed by atoms with E-state index in [1.165, 1.54) is 18.5 Å². The second-order valence-electron chi connectivity index (χ2n) is 3.87. The topological polar surface area (TPSA) is 75.1 Å². The van der Waals surface area contributed by atoms with Gasteiger partial charge >= 0.3 is 5.97 Å². The van der Waals surface area contributed by atoms with E-state index in [1.54, 1.807) is 6.07 Å². The fourth-order valence-electron chi connectivity index (χ4n) is 1.55. The van der Waals surface area contributed by atoms with Crippen LogP contribution in [-0.4, -0.2) is 21.0 Å². The third-order valence-corrected chi connectivity index (χ3v) is 2.88. The first-order valence-corrected chi connectivity index (χ1v) is 6.08. The maximum Gasteiger partial charge on any atom is 0.335 e. The highest BCUT2D eigenvalue weighted by Crippen LogP contribution is 2.25. The molecule has 0 amide bonds. The molecule has 0 aliphatic carbocycles. The second-order valence-corrected chi connectivity index (χ2v) is 4.28. The molecule has 1 aromatic carbocycles. The molecule has 0 unspecified atom stereocenters. The Balaban J connectivity index is 2.25. The molecule has 0 spiro atoms. The highest BCUT2D eigenvalue weighted by molar-refractivity contribution is 6.33. The highest BCUT2D eigenvalue weighted by Gasteiger charge is 2.07. The fraction of sp³-hybridized carbons (Fsp3) is 0.154. The van der Waals surface area contributed by atoms with Gasteiger partial charge in [-0.1, -0.05) is 18.5 Å². The fourth-order valence-corrected chi connectivity index (χ4v) is 1.77. The van der Waals surface area contributed by atoms with Crippen LogP contribution in [0.2, 0.25) is 5.02 Å². The summed E-state index contributed by atoms with van der Waals surface area (Å²) < 4.78 is 0. The Hall–Kier alpha value is -2.14. The molecule has 0 saturated heterocycles. The summed E-state index contributed by atoms with van der Waals surface area (Å²) in [5, 5.41) is 12.2. The van der Waals surface area contributed by atoms with Crippen molar-refractivity contribution in [2.75, 3.05) is 5.32 Å². The number of aromatic nitrogens is 2. The number of aryl methyl sites for hydroxylation is 1. The van der Waals surface area contributed by atoms with E-state index in [2.05, 4.69) is 15.3 Å². The van der Waals surface area contributed by atoms with Gasteiger partial charge in [0.2, 0.25) is 0 Å². The lowest BCUT2D eigenvalue weighted by atomic mass is 10.2. The number of carboxylic acids is 1. The number of carbonyl (C=O) groups is 1. The van der Waals surface area contributed by atoms with E-state index in [0.717, 1.165) is 12.1 Å². The Kier molecular flexibility index (Phi) is 3.97. The Morgan fingerprint density at radius 3 is 2.79 bits per heavy atom. The van der Waals surface area contributed by atoms with Crippen molar-refractivity contribution in [1.82, 2.24) is 9.97 Å². The van der Waals surface area contributed by atoms with Crippen LogP contribution >= 0.6 is 11.6 Å². The minimum absolute atomic E-state index is 0.146. The van der Waals surface area contributed by atoms with Crippen molar-refractivity contribution >= 4 is 29.1 Å². The Labute approximate surface area is 115 Å². The molecule has 2 N–H and O–H groups in total. The number of benzene rings is 1. The van der Waals surface area contributed by atoms with E-state index in [9.17, 15) is 4.79 Å². The van der Waals surface area contributed by atoms with Gasteiger partial charge in [0.15, 0.2) is 0 Å².